The SMILES string of the molecule is CCN(C1=C(C)C(Br)=CC2CN(C)NC12)C1CCOCC1. The average Bonchev–Trinajstić information content (AvgIpc) is 2.84. The van der Waals surface area contributed by atoms with Gasteiger partial charge in [0.1, 0.15) is 0 Å². The van der Waals surface area contributed by atoms with Crippen LogP contribution in [-0.4, -0.2) is 55.3 Å². The van der Waals surface area contributed by atoms with Gasteiger partial charge in [0, 0.05) is 55.5 Å². The average molecular weight is 356 g/mol. The van der Waals surface area contributed by atoms with E-state index in [1.54, 1.807) is 0 Å². The number of hydrogen-bond donors (Lipinski definition) is 1. The van der Waals surface area contributed by atoms with Gasteiger partial charge in [0.05, 0.1) is 6.04 Å². The Balaban J connectivity index is 1.92. The van der Waals surface area contributed by atoms with Crippen molar-refractivity contribution in [3.63, 3.8) is 0 Å². The van der Waals surface area contributed by atoms with E-state index < -0.39 is 0 Å². The van der Waals surface area contributed by atoms with Gasteiger partial charge >= 0.3 is 0 Å². The molecule has 3 rings (SSSR count). The van der Waals surface area contributed by atoms with Crippen LogP contribution in [0.3, 0.4) is 0 Å². The standard InChI is InChI=1S/C16H26BrN3O/c1-4-20(13-5-7-21-8-6-13)16-11(2)14(17)9-12-10-19(3)18-15(12)16/h9,12-13,15,18H,4-8,10H2,1-3H3. The molecule has 0 spiro atoms. The Morgan fingerprint density at radius 1 is 1.43 bits per heavy atom. The second-order valence-electron chi connectivity index (χ2n) is 6.31. The van der Waals surface area contributed by atoms with E-state index in [1.165, 1.54) is 15.8 Å². The Labute approximate surface area is 136 Å². The number of allylic oxidation sites excluding steroid dienone is 2. The summed E-state index contributed by atoms with van der Waals surface area (Å²) in [6.45, 7) is 8.44. The van der Waals surface area contributed by atoms with Crippen LogP contribution in [0, 0.1) is 5.92 Å². The second-order valence-corrected chi connectivity index (χ2v) is 7.16. The van der Waals surface area contributed by atoms with Crippen LogP contribution in [0.2, 0.25) is 0 Å². The third-order valence-corrected chi connectivity index (χ3v) is 5.81. The summed E-state index contributed by atoms with van der Waals surface area (Å²) < 4.78 is 6.81. The fourth-order valence-corrected chi connectivity index (χ4v) is 4.45. The van der Waals surface area contributed by atoms with Gasteiger partial charge in [-0.2, -0.15) is 0 Å². The molecule has 2 fully saturated rings. The van der Waals surface area contributed by atoms with Gasteiger partial charge in [0.25, 0.3) is 0 Å². The van der Waals surface area contributed by atoms with E-state index in [1.807, 2.05) is 0 Å². The van der Waals surface area contributed by atoms with Crippen LogP contribution in [0.15, 0.2) is 21.8 Å². The van der Waals surface area contributed by atoms with Crippen molar-refractivity contribution in [3.05, 3.63) is 21.8 Å². The molecule has 0 aromatic heterocycles. The summed E-state index contributed by atoms with van der Waals surface area (Å²) >= 11 is 3.78. The minimum Gasteiger partial charge on any atom is -0.381 e. The fourth-order valence-electron chi connectivity index (χ4n) is 3.91. The van der Waals surface area contributed by atoms with Crippen molar-refractivity contribution in [3.8, 4) is 0 Å². The topological polar surface area (TPSA) is 27.7 Å². The van der Waals surface area contributed by atoms with Gasteiger partial charge in [-0.25, -0.2) is 10.4 Å². The van der Waals surface area contributed by atoms with Crippen molar-refractivity contribution in [1.29, 1.82) is 0 Å². The second kappa shape index (κ2) is 6.41. The highest BCUT2D eigenvalue weighted by atomic mass is 79.9. The summed E-state index contributed by atoms with van der Waals surface area (Å²) in [5.74, 6) is 0.553. The molecule has 0 aromatic rings. The number of halogens is 1. The Kier molecular flexibility index (Phi) is 4.74. The minimum absolute atomic E-state index is 0.416. The van der Waals surface area contributed by atoms with Crippen molar-refractivity contribution >= 4 is 15.9 Å². The Hall–Kier alpha value is -0.360. The first-order chi connectivity index (χ1) is 10.1. The monoisotopic (exact) mass is 355 g/mol. The largest absolute Gasteiger partial charge is 0.381 e. The van der Waals surface area contributed by atoms with Gasteiger partial charge in [-0.05, 0) is 32.3 Å². The van der Waals surface area contributed by atoms with E-state index in [0.29, 0.717) is 18.0 Å². The number of ether oxygens (including phenoxy) is 1. The van der Waals surface area contributed by atoms with E-state index >= 15 is 0 Å². The van der Waals surface area contributed by atoms with Gasteiger partial charge < -0.3 is 9.64 Å². The molecule has 21 heavy (non-hydrogen) atoms. The first-order valence-corrected chi connectivity index (χ1v) is 8.81. The zero-order valence-electron chi connectivity index (χ0n) is 13.2. The molecule has 2 heterocycles. The molecular formula is C16H26BrN3O. The van der Waals surface area contributed by atoms with Gasteiger partial charge in [0.2, 0.25) is 0 Å². The molecule has 0 saturated carbocycles. The summed E-state index contributed by atoms with van der Waals surface area (Å²) in [6, 6.07) is 1.03. The minimum atomic E-state index is 0.416. The first kappa shape index (κ1) is 15.5. The molecule has 0 amide bonds. The van der Waals surface area contributed by atoms with Crippen molar-refractivity contribution in [2.75, 3.05) is 33.4 Å². The van der Waals surface area contributed by atoms with E-state index in [9.17, 15) is 0 Å². The Bertz CT molecular complexity index is 456. The Morgan fingerprint density at radius 2 is 2.14 bits per heavy atom. The van der Waals surface area contributed by atoms with Crippen molar-refractivity contribution in [2.45, 2.75) is 38.8 Å². The van der Waals surface area contributed by atoms with Crippen LogP contribution in [0.25, 0.3) is 0 Å². The number of hydrazine groups is 1. The summed E-state index contributed by atoms with van der Waals surface area (Å²) in [4.78, 5) is 2.62. The number of hydrogen-bond acceptors (Lipinski definition) is 4. The predicted octanol–water partition coefficient (Wildman–Crippen LogP) is 2.49. The molecule has 0 aromatic carbocycles. The molecule has 2 aliphatic heterocycles. The lowest BCUT2D eigenvalue weighted by Crippen LogP contribution is -2.47. The molecule has 1 aliphatic carbocycles. The zero-order chi connectivity index (χ0) is 15.0. The molecular weight excluding hydrogens is 330 g/mol. The molecule has 4 nitrogen and oxygen atoms in total. The van der Waals surface area contributed by atoms with Crippen LogP contribution >= 0.6 is 15.9 Å². The highest BCUT2D eigenvalue weighted by molar-refractivity contribution is 9.12. The molecule has 3 aliphatic rings. The smallest absolute Gasteiger partial charge is 0.0692 e. The quantitative estimate of drug-likeness (QED) is 0.841. The normalized spacial score (nSPS) is 31.3. The van der Waals surface area contributed by atoms with E-state index in [2.05, 4.69) is 58.2 Å². The van der Waals surface area contributed by atoms with E-state index in [0.717, 1.165) is 39.1 Å². The molecule has 0 bridgehead atoms. The van der Waals surface area contributed by atoms with Crippen LogP contribution in [-0.2, 0) is 4.74 Å². The van der Waals surface area contributed by atoms with Crippen LogP contribution in [0.4, 0.5) is 0 Å². The maximum atomic E-state index is 5.55. The van der Waals surface area contributed by atoms with Crippen molar-refractivity contribution in [1.82, 2.24) is 15.3 Å². The highest BCUT2D eigenvalue weighted by Crippen LogP contribution is 2.38. The third kappa shape index (κ3) is 2.93. The lowest BCUT2D eigenvalue weighted by Gasteiger charge is -2.42. The summed E-state index contributed by atoms with van der Waals surface area (Å²) in [6.07, 6.45) is 4.65. The molecule has 0 radical (unpaired) electrons. The molecule has 5 heteroatoms. The number of nitrogens with one attached hydrogen (secondary N) is 1. The zero-order valence-corrected chi connectivity index (χ0v) is 14.8. The van der Waals surface area contributed by atoms with Crippen LogP contribution in [0.1, 0.15) is 26.7 Å². The van der Waals surface area contributed by atoms with Gasteiger partial charge in [-0.3, -0.25) is 0 Å². The number of rotatable bonds is 3. The van der Waals surface area contributed by atoms with Crippen LogP contribution in [0.5, 0.6) is 0 Å². The molecule has 2 atom stereocenters. The summed E-state index contributed by atoms with van der Waals surface area (Å²) in [5, 5.41) is 2.22. The molecule has 1 N–H and O–H groups in total. The summed E-state index contributed by atoms with van der Waals surface area (Å²) in [7, 11) is 2.14. The van der Waals surface area contributed by atoms with Gasteiger partial charge in [-0.1, -0.05) is 22.0 Å². The van der Waals surface area contributed by atoms with Crippen LogP contribution < -0.4 is 5.43 Å². The third-order valence-electron chi connectivity index (χ3n) is 4.95. The first-order valence-electron chi connectivity index (χ1n) is 8.02. The summed E-state index contributed by atoms with van der Waals surface area (Å²) in [5.41, 5.74) is 6.51. The lowest BCUT2D eigenvalue weighted by molar-refractivity contribution is 0.0434. The number of fused-ring (bicyclic) bond motifs is 1. The molecule has 2 saturated heterocycles. The van der Waals surface area contributed by atoms with Gasteiger partial charge in [0.15, 0.2) is 0 Å². The maximum Gasteiger partial charge on any atom is 0.0692 e. The van der Waals surface area contributed by atoms with Gasteiger partial charge in [-0.15, -0.1) is 0 Å². The van der Waals surface area contributed by atoms with E-state index in [-0.39, 0.29) is 0 Å². The Morgan fingerprint density at radius 3 is 2.81 bits per heavy atom. The number of likely N-dealkylation sites (N-methyl/N-ethyl adjacent to an activating group) is 1. The maximum absolute atomic E-state index is 5.55. The predicted molar refractivity (Wildman–Crippen MR) is 89.0 cm³/mol. The van der Waals surface area contributed by atoms with Crippen molar-refractivity contribution in [2.24, 2.45) is 5.92 Å². The molecule has 2 unspecified atom stereocenters. The van der Waals surface area contributed by atoms with Crippen molar-refractivity contribution < 1.29 is 4.74 Å². The van der Waals surface area contributed by atoms with E-state index in [4.69, 9.17) is 4.74 Å². The number of nitrogens with zero attached hydrogens (tertiary/aromatic N) is 2. The fraction of sp³-hybridized carbons (Fsp3) is 0.750. The molecule has 118 valence electrons. The highest BCUT2D eigenvalue weighted by Gasteiger charge is 2.39. The lowest BCUT2D eigenvalue weighted by atomic mass is 9.88.